The van der Waals surface area contributed by atoms with Gasteiger partial charge < -0.3 is 65.1 Å². The van der Waals surface area contributed by atoms with Gasteiger partial charge in [-0.05, 0) is 89.9 Å². The van der Waals surface area contributed by atoms with Gasteiger partial charge in [-0.2, -0.15) is 0 Å². The average molecular weight is 1480 g/mol. The SMILES string of the molecule is CC/C=C\C/C=C\C/C=C\C/C=C\C/C=C\C/C=C\C/C=C\C/C=C\C/C=C\C/C=C\CCCCCCCCCCCCC(=O)NC(COC1OC(CO)C(OC2OC(CO)C(O)C(O)C2O)C(O)C1O)C(O)CCCCCCCCCCCCCCCCCCCCCCCCCCCCCCCC. The molecule has 9 N–H and O–H groups in total. The summed E-state index contributed by atoms with van der Waals surface area (Å²) in [6.07, 6.45) is 91.0. The van der Waals surface area contributed by atoms with E-state index in [9.17, 15) is 45.6 Å². The first kappa shape index (κ1) is 97.5. The van der Waals surface area contributed by atoms with Crippen molar-refractivity contribution in [2.45, 2.75) is 428 Å². The number of hydrogen-bond donors (Lipinski definition) is 9. The van der Waals surface area contributed by atoms with Gasteiger partial charge in [0.05, 0.1) is 32.0 Å². The van der Waals surface area contributed by atoms with Crippen LogP contribution in [0.5, 0.6) is 0 Å². The van der Waals surface area contributed by atoms with Crippen molar-refractivity contribution in [3.63, 3.8) is 0 Å². The Labute approximate surface area is 641 Å². The number of unbranched alkanes of at least 4 members (excludes halogenated alkanes) is 39. The van der Waals surface area contributed by atoms with Crippen LogP contribution in [0.1, 0.15) is 354 Å². The van der Waals surface area contributed by atoms with Crippen LogP contribution in [-0.2, 0) is 23.7 Å². The molecule has 12 atom stereocenters. The summed E-state index contributed by atoms with van der Waals surface area (Å²) in [6.45, 7) is 2.79. The highest BCUT2D eigenvalue weighted by Gasteiger charge is 2.51. The number of amides is 1. The fourth-order valence-electron chi connectivity index (χ4n) is 13.7. The van der Waals surface area contributed by atoms with E-state index in [4.69, 9.17) is 18.9 Å². The topological polar surface area (TPSA) is 228 Å². The second kappa shape index (κ2) is 73.2. The van der Waals surface area contributed by atoms with Crippen molar-refractivity contribution in [1.29, 1.82) is 0 Å². The zero-order valence-corrected chi connectivity index (χ0v) is 66.7. The minimum atomic E-state index is -1.79. The molecule has 14 heteroatoms. The summed E-state index contributed by atoms with van der Waals surface area (Å²) in [7, 11) is 0. The van der Waals surface area contributed by atoms with E-state index >= 15 is 0 Å². The van der Waals surface area contributed by atoms with E-state index in [1.807, 2.05) is 0 Å². The minimum Gasteiger partial charge on any atom is -0.394 e. The van der Waals surface area contributed by atoms with Crippen molar-refractivity contribution in [1.82, 2.24) is 5.32 Å². The molecule has 14 nitrogen and oxygen atoms in total. The molecule has 2 fully saturated rings. The van der Waals surface area contributed by atoms with Crippen LogP contribution in [-0.4, -0.2) is 140 Å². The predicted molar refractivity (Wildman–Crippen MR) is 438 cm³/mol. The summed E-state index contributed by atoms with van der Waals surface area (Å²) in [5, 5.41) is 88.0. The van der Waals surface area contributed by atoms with Gasteiger partial charge in [-0.15, -0.1) is 0 Å². The molecule has 1 amide bonds. The van der Waals surface area contributed by atoms with Crippen LogP contribution in [0.2, 0.25) is 0 Å². The molecule has 0 saturated carbocycles. The van der Waals surface area contributed by atoms with E-state index in [0.717, 1.165) is 116 Å². The van der Waals surface area contributed by atoms with Crippen LogP contribution < -0.4 is 5.32 Å². The van der Waals surface area contributed by atoms with Gasteiger partial charge in [0.25, 0.3) is 0 Å². The first-order valence-electron chi connectivity index (χ1n) is 43.3. The molecule has 0 aromatic carbocycles. The Bertz CT molecular complexity index is 2240. The number of aliphatic hydroxyl groups is 8. The number of carbonyl (C=O) groups excluding carboxylic acids is 1. The smallest absolute Gasteiger partial charge is 0.220 e. The van der Waals surface area contributed by atoms with Gasteiger partial charge in [0.15, 0.2) is 12.6 Å². The third-order valence-corrected chi connectivity index (χ3v) is 20.4. The standard InChI is InChI=1S/C91H159NO13/c1-3-5-7-9-11-13-15-17-19-21-23-25-27-29-31-33-35-36-37-38-39-40-41-42-43-44-45-47-49-51-53-55-57-59-61-63-65-67-69-71-73-75-83(96)92-79(78-102-90-88(101)86(99)89(82(77-94)104-90)105-91-87(100)85(98)84(97)81(76-93)103-91)80(95)74-72-70-68-66-64-62-60-58-56-54-52-50-48-46-34-32-30-28-26-24-22-20-18-16-14-12-10-8-6-4-2/h5,7,11,13,17,19,23,25,29,31,35-36,38-39,41-42,44-45,49,51,79-82,84-91,93-95,97-101H,3-4,6,8-10,12,14-16,18,20-22,24,26-28,30,32-34,37,40,43,46-48,50,52-78H2,1-2H3,(H,92,96)/b7-5-,13-11-,19-17-,25-23-,31-29-,36-35-,39-38-,42-41-,45-44-,51-49-. The molecule has 2 rings (SSSR count). The maximum absolute atomic E-state index is 13.4. The third-order valence-electron chi connectivity index (χ3n) is 20.4. The highest BCUT2D eigenvalue weighted by atomic mass is 16.7. The molecule has 2 aliphatic heterocycles. The Balaban J connectivity index is 1.59. The Hall–Kier alpha value is -3.61. The Kier molecular flexibility index (Phi) is 68.0. The molecular formula is C91H159NO13. The van der Waals surface area contributed by atoms with Crippen LogP contribution in [0.4, 0.5) is 0 Å². The summed E-state index contributed by atoms with van der Waals surface area (Å²) in [4.78, 5) is 13.4. The van der Waals surface area contributed by atoms with Gasteiger partial charge in [0.1, 0.15) is 48.8 Å². The van der Waals surface area contributed by atoms with Gasteiger partial charge in [0, 0.05) is 6.42 Å². The molecule has 0 bridgehead atoms. The molecule has 2 heterocycles. The first-order chi connectivity index (χ1) is 51.6. The summed E-state index contributed by atoms with van der Waals surface area (Å²) in [5.74, 6) is -0.211. The summed E-state index contributed by atoms with van der Waals surface area (Å²) < 4.78 is 23.0. The van der Waals surface area contributed by atoms with Crippen LogP contribution in [0.25, 0.3) is 0 Å². The van der Waals surface area contributed by atoms with Crippen molar-refractivity contribution >= 4 is 5.91 Å². The number of ether oxygens (including phenoxy) is 4. The van der Waals surface area contributed by atoms with Gasteiger partial charge in [-0.1, -0.05) is 379 Å². The molecule has 2 aliphatic rings. The van der Waals surface area contributed by atoms with Crippen molar-refractivity contribution < 1.29 is 64.6 Å². The lowest BCUT2D eigenvalue weighted by atomic mass is 9.97. The third kappa shape index (κ3) is 55.4. The van der Waals surface area contributed by atoms with E-state index < -0.39 is 86.8 Å². The molecule has 105 heavy (non-hydrogen) atoms. The number of aliphatic hydroxyl groups excluding tert-OH is 8. The normalized spacial score (nSPS) is 22.0. The summed E-state index contributed by atoms with van der Waals surface area (Å²) >= 11 is 0. The molecule has 0 spiro atoms. The largest absolute Gasteiger partial charge is 0.394 e. The quantitative estimate of drug-likeness (QED) is 0.0204. The Morgan fingerprint density at radius 1 is 0.352 bits per heavy atom. The van der Waals surface area contributed by atoms with Crippen LogP contribution >= 0.6 is 0 Å². The van der Waals surface area contributed by atoms with Crippen LogP contribution in [0.15, 0.2) is 122 Å². The second-order valence-corrected chi connectivity index (χ2v) is 29.9. The number of rotatable bonds is 72. The highest BCUT2D eigenvalue weighted by Crippen LogP contribution is 2.30. The Morgan fingerprint density at radius 2 is 0.657 bits per heavy atom. The first-order valence-corrected chi connectivity index (χ1v) is 43.3. The van der Waals surface area contributed by atoms with E-state index in [1.165, 1.54) is 205 Å². The van der Waals surface area contributed by atoms with Crippen molar-refractivity contribution in [3.8, 4) is 0 Å². The van der Waals surface area contributed by atoms with Crippen molar-refractivity contribution in [2.24, 2.45) is 0 Å². The molecule has 0 aliphatic carbocycles. The zero-order chi connectivity index (χ0) is 75.8. The van der Waals surface area contributed by atoms with Gasteiger partial charge in [0.2, 0.25) is 5.91 Å². The molecule has 2 saturated heterocycles. The highest BCUT2D eigenvalue weighted by molar-refractivity contribution is 5.76. The van der Waals surface area contributed by atoms with Crippen LogP contribution in [0.3, 0.4) is 0 Å². The fourth-order valence-corrected chi connectivity index (χ4v) is 13.7. The molecule has 0 aromatic rings. The number of nitrogens with one attached hydrogen (secondary N) is 1. The van der Waals surface area contributed by atoms with Gasteiger partial charge in [-0.3, -0.25) is 4.79 Å². The average Bonchev–Trinajstić information content (AvgIpc) is 0.769. The summed E-state index contributed by atoms with van der Waals surface area (Å²) in [6, 6.07) is -0.841. The van der Waals surface area contributed by atoms with E-state index in [1.54, 1.807) is 0 Å². The van der Waals surface area contributed by atoms with E-state index in [2.05, 4.69) is 141 Å². The van der Waals surface area contributed by atoms with Crippen molar-refractivity contribution in [2.75, 3.05) is 19.8 Å². The Morgan fingerprint density at radius 3 is 1.01 bits per heavy atom. The molecular weight excluding hydrogens is 1310 g/mol. The summed E-state index contributed by atoms with van der Waals surface area (Å²) in [5.41, 5.74) is 0. The fraction of sp³-hybridized carbons (Fsp3) is 0.769. The lowest BCUT2D eigenvalue weighted by molar-refractivity contribution is -0.359. The number of allylic oxidation sites excluding steroid dienone is 20. The predicted octanol–water partition coefficient (Wildman–Crippen LogP) is 20.7. The van der Waals surface area contributed by atoms with Gasteiger partial charge in [-0.25, -0.2) is 0 Å². The lowest BCUT2D eigenvalue weighted by Crippen LogP contribution is -2.65. The number of carbonyl (C=O) groups is 1. The molecule has 12 unspecified atom stereocenters. The minimum absolute atomic E-state index is 0.211. The van der Waals surface area contributed by atoms with Gasteiger partial charge >= 0.3 is 0 Å². The molecule has 0 radical (unpaired) electrons. The van der Waals surface area contributed by atoms with E-state index in [0.29, 0.717) is 19.3 Å². The van der Waals surface area contributed by atoms with Crippen molar-refractivity contribution in [3.05, 3.63) is 122 Å². The zero-order valence-electron chi connectivity index (χ0n) is 66.7. The molecule has 0 aromatic heterocycles. The molecule has 606 valence electrons. The van der Waals surface area contributed by atoms with Crippen LogP contribution in [0, 0.1) is 0 Å². The lowest BCUT2D eigenvalue weighted by Gasteiger charge is -2.46. The number of hydrogen-bond acceptors (Lipinski definition) is 13. The second-order valence-electron chi connectivity index (χ2n) is 29.9. The van der Waals surface area contributed by atoms with E-state index in [-0.39, 0.29) is 12.5 Å². The maximum Gasteiger partial charge on any atom is 0.220 e. The monoisotopic (exact) mass is 1470 g/mol. The maximum atomic E-state index is 13.4.